The van der Waals surface area contributed by atoms with E-state index in [2.05, 4.69) is 4.98 Å². The minimum atomic E-state index is -0.550. The van der Waals surface area contributed by atoms with E-state index in [-0.39, 0.29) is 16.2 Å². The highest BCUT2D eigenvalue weighted by molar-refractivity contribution is 7.22. The molecule has 2 N–H and O–H groups in total. The topological polar surface area (TPSA) is 113 Å². The predicted molar refractivity (Wildman–Crippen MR) is 87.5 cm³/mol. The molecule has 3 aromatic heterocycles. The molecule has 3 heterocycles. The second-order valence-electron chi connectivity index (χ2n) is 4.59. The van der Waals surface area contributed by atoms with Crippen molar-refractivity contribution >= 4 is 32.2 Å². The van der Waals surface area contributed by atoms with Gasteiger partial charge in [0.2, 0.25) is 5.88 Å². The second kappa shape index (κ2) is 5.69. The van der Waals surface area contributed by atoms with Crippen LogP contribution in [0.5, 0.6) is 5.88 Å². The van der Waals surface area contributed by atoms with Crippen LogP contribution in [-0.2, 0) is 0 Å². The van der Waals surface area contributed by atoms with Crippen molar-refractivity contribution in [3.63, 3.8) is 0 Å². The number of hydrogen-bond acceptors (Lipinski definition) is 7. The van der Waals surface area contributed by atoms with E-state index in [1.807, 2.05) is 6.92 Å². The molecule has 0 radical (unpaired) electrons. The molecular weight excluding hydrogens is 320 g/mol. The van der Waals surface area contributed by atoms with E-state index >= 15 is 0 Å². The molecule has 9 heteroatoms. The molecule has 118 valence electrons. The van der Waals surface area contributed by atoms with Gasteiger partial charge in [0, 0.05) is 17.5 Å². The van der Waals surface area contributed by atoms with Crippen molar-refractivity contribution in [1.82, 2.24) is 9.55 Å². The van der Waals surface area contributed by atoms with Gasteiger partial charge in [-0.3, -0.25) is 19.5 Å². The molecule has 0 bridgehead atoms. The maximum absolute atomic E-state index is 12.2. The molecule has 8 nitrogen and oxygen atoms in total. The highest BCUT2D eigenvalue weighted by Gasteiger charge is 2.22. The van der Waals surface area contributed by atoms with Gasteiger partial charge >= 0.3 is 5.00 Å². The first-order valence-corrected chi connectivity index (χ1v) is 7.52. The Balaban J connectivity index is 2.23. The van der Waals surface area contributed by atoms with Crippen molar-refractivity contribution in [3.05, 3.63) is 50.9 Å². The average molecular weight is 332 g/mol. The minimum absolute atomic E-state index is 0.0580. The summed E-state index contributed by atoms with van der Waals surface area (Å²) in [4.78, 5) is 27.3. The van der Waals surface area contributed by atoms with E-state index < -0.39 is 4.92 Å². The Hall–Kier alpha value is -2.94. The van der Waals surface area contributed by atoms with Crippen LogP contribution in [0.3, 0.4) is 0 Å². The lowest BCUT2D eigenvalue weighted by atomic mass is 10.3. The molecule has 0 amide bonds. The zero-order valence-corrected chi connectivity index (χ0v) is 12.9. The van der Waals surface area contributed by atoms with Crippen LogP contribution in [-0.4, -0.2) is 21.1 Å². The van der Waals surface area contributed by atoms with Gasteiger partial charge in [0.1, 0.15) is 10.5 Å². The molecule has 0 unspecified atom stereocenters. The normalized spacial score (nSPS) is 10.8. The zero-order valence-electron chi connectivity index (χ0n) is 12.1. The van der Waals surface area contributed by atoms with E-state index in [4.69, 9.17) is 10.5 Å². The van der Waals surface area contributed by atoms with Crippen LogP contribution in [0.2, 0.25) is 0 Å². The molecule has 0 saturated carbocycles. The Morgan fingerprint density at radius 2 is 2.17 bits per heavy atom. The highest BCUT2D eigenvalue weighted by atomic mass is 32.1. The van der Waals surface area contributed by atoms with E-state index in [9.17, 15) is 14.9 Å². The van der Waals surface area contributed by atoms with Gasteiger partial charge in [0.25, 0.3) is 5.56 Å². The third-order valence-electron chi connectivity index (χ3n) is 3.20. The first kappa shape index (κ1) is 15.0. The lowest BCUT2D eigenvalue weighted by Crippen LogP contribution is -2.16. The number of fused-ring (bicyclic) bond motifs is 1. The van der Waals surface area contributed by atoms with Crippen molar-refractivity contribution in [2.24, 2.45) is 0 Å². The Labute approximate surface area is 133 Å². The Morgan fingerprint density at radius 1 is 1.39 bits per heavy atom. The minimum Gasteiger partial charge on any atom is -0.478 e. The van der Waals surface area contributed by atoms with Crippen LogP contribution in [0.4, 0.5) is 10.7 Å². The highest BCUT2D eigenvalue weighted by Crippen LogP contribution is 2.39. The number of nitrogen functional groups attached to an aromatic ring is 1. The first-order valence-electron chi connectivity index (χ1n) is 6.70. The van der Waals surface area contributed by atoms with Crippen LogP contribution in [0.15, 0.2) is 35.3 Å². The van der Waals surface area contributed by atoms with E-state index in [1.54, 1.807) is 12.1 Å². The number of thiophene rings is 1. The number of rotatable bonds is 4. The Morgan fingerprint density at radius 3 is 2.78 bits per heavy atom. The number of pyridine rings is 2. The fourth-order valence-corrected chi connectivity index (χ4v) is 3.26. The van der Waals surface area contributed by atoms with Crippen molar-refractivity contribution in [2.45, 2.75) is 6.92 Å². The zero-order chi connectivity index (χ0) is 16.6. The Bertz CT molecular complexity index is 946. The largest absolute Gasteiger partial charge is 0.478 e. The molecule has 0 fully saturated rings. The average Bonchev–Trinajstić information content (AvgIpc) is 2.86. The molecule has 0 spiro atoms. The smallest absolute Gasteiger partial charge is 0.349 e. The number of anilines is 1. The van der Waals surface area contributed by atoms with Crippen molar-refractivity contribution in [1.29, 1.82) is 0 Å². The molecule has 3 rings (SSSR count). The molecule has 0 aliphatic carbocycles. The summed E-state index contributed by atoms with van der Waals surface area (Å²) in [7, 11) is 0. The van der Waals surface area contributed by atoms with Gasteiger partial charge in [-0.1, -0.05) is 0 Å². The van der Waals surface area contributed by atoms with Crippen LogP contribution in [0, 0.1) is 10.1 Å². The van der Waals surface area contributed by atoms with Gasteiger partial charge in [0.15, 0.2) is 0 Å². The lowest BCUT2D eigenvalue weighted by Gasteiger charge is -2.07. The van der Waals surface area contributed by atoms with Gasteiger partial charge in [0.05, 0.1) is 23.4 Å². The van der Waals surface area contributed by atoms with E-state index in [0.717, 1.165) is 11.3 Å². The summed E-state index contributed by atoms with van der Waals surface area (Å²) in [6.45, 7) is 2.32. The van der Waals surface area contributed by atoms with Crippen molar-refractivity contribution in [3.8, 4) is 11.6 Å². The number of nitro groups is 1. The molecular formula is C14H12N4O4S. The van der Waals surface area contributed by atoms with Gasteiger partial charge in [-0.25, -0.2) is 4.98 Å². The molecule has 23 heavy (non-hydrogen) atoms. The van der Waals surface area contributed by atoms with Crippen LogP contribution in [0.25, 0.3) is 15.9 Å². The fourth-order valence-electron chi connectivity index (χ4n) is 2.21. The fraction of sp³-hybridized carbons (Fsp3) is 0.143. The summed E-state index contributed by atoms with van der Waals surface area (Å²) in [5, 5.41) is 11.3. The maximum Gasteiger partial charge on any atom is 0.349 e. The third-order valence-corrected chi connectivity index (χ3v) is 4.36. The molecule has 0 atom stereocenters. The SMILES string of the molecule is CCOc1ccc(-n2c(=O)ccc3c(N)c([N+](=O)[O-])sc32)cn1. The summed E-state index contributed by atoms with van der Waals surface area (Å²) in [6, 6.07) is 6.12. The van der Waals surface area contributed by atoms with Gasteiger partial charge in [-0.05, 0) is 30.4 Å². The van der Waals surface area contributed by atoms with Crippen LogP contribution < -0.4 is 16.0 Å². The summed E-state index contributed by atoms with van der Waals surface area (Å²) < 4.78 is 6.62. The van der Waals surface area contributed by atoms with E-state index in [0.29, 0.717) is 28.4 Å². The standard InChI is InChI=1S/C14H12N4O4S/c1-2-22-10-5-3-8(7-16-10)17-11(19)6-4-9-12(15)14(18(20)21)23-13(9)17/h3-7H,2,15H2,1H3. The van der Waals surface area contributed by atoms with Gasteiger partial charge in [-0.15, -0.1) is 0 Å². The quantitative estimate of drug-likeness (QED) is 0.579. The summed E-state index contributed by atoms with van der Waals surface area (Å²) in [6.07, 6.45) is 1.48. The number of aromatic nitrogens is 2. The van der Waals surface area contributed by atoms with E-state index in [1.165, 1.54) is 22.9 Å². The van der Waals surface area contributed by atoms with Crippen molar-refractivity contribution < 1.29 is 9.66 Å². The lowest BCUT2D eigenvalue weighted by molar-refractivity contribution is -0.379. The molecule has 0 saturated heterocycles. The first-order chi connectivity index (χ1) is 11.0. The monoisotopic (exact) mass is 332 g/mol. The van der Waals surface area contributed by atoms with Crippen LogP contribution >= 0.6 is 11.3 Å². The van der Waals surface area contributed by atoms with Crippen molar-refractivity contribution in [2.75, 3.05) is 12.3 Å². The molecule has 3 aromatic rings. The molecule has 0 aliphatic heterocycles. The van der Waals surface area contributed by atoms with Gasteiger partial charge < -0.3 is 10.5 Å². The summed E-state index contributed by atoms with van der Waals surface area (Å²) in [5.74, 6) is 0.438. The number of ether oxygens (including phenoxy) is 1. The summed E-state index contributed by atoms with van der Waals surface area (Å²) in [5.41, 5.74) is 6.04. The van der Waals surface area contributed by atoms with Gasteiger partial charge in [-0.2, -0.15) is 0 Å². The van der Waals surface area contributed by atoms with Crippen LogP contribution in [0.1, 0.15) is 6.92 Å². The second-order valence-corrected chi connectivity index (χ2v) is 5.57. The Kier molecular flexibility index (Phi) is 3.70. The third kappa shape index (κ3) is 2.50. The maximum atomic E-state index is 12.2. The molecule has 0 aliphatic rings. The number of nitrogens with zero attached hydrogens (tertiary/aromatic N) is 3. The number of nitrogens with two attached hydrogens (primary N) is 1. The summed E-state index contributed by atoms with van der Waals surface area (Å²) >= 11 is 0.862. The predicted octanol–water partition coefficient (Wildman–Crippen LogP) is 2.34. The number of hydrogen-bond donors (Lipinski definition) is 1. The molecule has 0 aromatic carbocycles.